The fourth-order valence-corrected chi connectivity index (χ4v) is 1.58. The predicted octanol–water partition coefficient (Wildman–Crippen LogP) is 4.83. The molecule has 0 saturated carbocycles. The zero-order valence-corrected chi connectivity index (χ0v) is 12.9. The smallest absolute Gasteiger partial charge is 0.0286 e. The van der Waals surface area contributed by atoms with Crippen molar-refractivity contribution in [1.82, 2.24) is 5.32 Å². The van der Waals surface area contributed by atoms with Gasteiger partial charge in [-0.1, -0.05) is 33.4 Å². The van der Waals surface area contributed by atoms with E-state index in [1.807, 2.05) is 0 Å². The van der Waals surface area contributed by atoms with Gasteiger partial charge in [0, 0.05) is 11.2 Å². The maximum Gasteiger partial charge on any atom is 0.0286 e. The standard InChI is InChI=1S/C16H29N/c1-12(14(3)15(4,5)6)10-11-13(2)17-16(7,8)9/h10-11,17H,3H2,1-2,4-9H3/b12-10+,13-11+. The zero-order valence-electron chi connectivity index (χ0n) is 12.9. The van der Waals surface area contributed by atoms with Crippen LogP contribution in [0.1, 0.15) is 55.4 Å². The summed E-state index contributed by atoms with van der Waals surface area (Å²) in [5, 5.41) is 3.44. The molecule has 0 atom stereocenters. The highest BCUT2D eigenvalue weighted by Crippen LogP contribution is 2.29. The van der Waals surface area contributed by atoms with E-state index < -0.39 is 0 Å². The number of hydrogen-bond acceptors (Lipinski definition) is 1. The van der Waals surface area contributed by atoms with Gasteiger partial charge in [0.2, 0.25) is 0 Å². The van der Waals surface area contributed by atoms with Gasteiger partial charge in [-0.3, -0.25) is 0 Å². The van der Waals surface area contributed by atoms with Crippen molar-refractivity contribution in [1.29, 1.82) is 0 Å². The predicted molar refractivity (Wildman–Crippen MR) is 79.0 cm³/mol. The molecule has 0 spiro atoms. The summed E-state index contributed by atoms with van der Waals surface area (Å²) >= 11 is 0. The lowest BCUT2D eigenvalue weighted by molar-refractivity contribution is 0.473. The molecule has 0 bridgehead atoms. The van der Waals surface area contributed by atoms with Crippen LogP contribution in [0, 0.1) is 5.41 Å². The molecule has 1 N–H and O–H groups in total. The lowest BCUT2D eigenvalue weighted by atomic mass is 9.83. The van der Waals surface area contributed by atoms with Crippen molar-refractivity contribution in [2.75, 3.05) is 0 Å². The van der Waals surface area contributed by atoms with Crippen molar-refractivity contribution in [2.45, 2.75) is 60.9 Å². The number of rotatable bonds is 3. The van der Waals surface area contributed by atoms with Gasteiger partial charge in [-0.15, -0.1) is 0 Å². The monoisotopic (exact) mass is 235 g/mol. The molecule has 0 aliphatic heterocycles. The van der Waals surface area contributed by atoms with E-state index in [1.165, 1.54) is 16.8 Å². The molecule has 1 nitrogen and oxygen atoms in total. The summed E-state index contributed by atoms with van der Waals surface area (Å²) in [5.41, 5.74) is 3.87. The Bertz CT molecular complexity index is 330. The number of allylic oxidation sites excluding steroid dienone is 5. The SMILES string of the molecule is C=C(/C(C)=C/C=C(\C)NC(C)(C)C)C(C)(C)C. The van der Waals surface area contributed by atoms with Crippen LogP contribution < -0.4 is 5.32 Å². The topological polar surface area (TPSA) is 12.0 Å². The molecular formula is C16H29N. The summed E-state index contributed by atoms with van der Waals surface area (Å²) in [7, 11) is 0. The van der Waals surface area contributed by atoms with E-state index in [0.29, 0.717) is 0 Å². The maximum absolute atomic E-state index is 4.16. The Morgan fingerprint density at radius 1 is 0.941 bits per heavy atom. The summed E-state index contributed by atoms with van der Waals surface area (Å²) in [5.74, 6) is 0. The first-order valence-electron chi connectivity index (χ1n) is 6.26. The van der Waals surface area contributed by atoms with Gasteiger partial charge in [0.05, 0.1) is 0 Å². The number of hydrogen-bond donors (Lipinski definition) is 1. The first-order valence-corrected chi connectivity index (χ1v) is 6.26. The molecule has 0 aromatic heterocycles. The van der Waals surface area contributed by atoms with Crippen LogP contribution in [-0.2, 0) is 0 Å². The van der Waals surface area contributed by atoms with Crippen LogP contribution in [0.25, 0.3) is 0 Å². The molecule has 0 unspecified atom stereocenters. The number of nitrogens with one attached hydrogen (secondary N) is 1. The van der Waals surface area contributed by atoms with Crippen molar-refractivity contribution in [3.63, 3.8) is 0 Å². The van der Waals surface area contributed by atoms with Gasteiger partial charge in [-0.2, -0.15) is 0 Å². The molecule has 0 heterocycles. The van der Waals surface area contributed by atoms with Gasteiger partial charge >= 0.3 is 0 Å². The second-order valence-corrected chi connectivity index (χ2v) is 6.80. The van der Waals surface area contributed by atoms with Crippen molar-refractivity contribution in [3.05, 3.63) is 35.6 Å². The van der Waals surface area contributed by atoms with Crippen LogP contribution in [0.3, 0.4) is 0 Å². The van der Waals surface area contributed by atoms with E-state index in [0.717, 1.165) is 0 Å². The minimum Gasteiger partial charge on any atom is -0.384 e. The van der Waals surface area contributed by atoms with Crippen LogP contribution in [0.15, 0.2) is 35.6 Å². The highest BCUT2D eigenvalue weighted by atomic mass is 14.9. The molecule has 17 heavy (non-hydrogen) atoms. The third-order valence-corrected chi connectivity index (χ3v) is 2.54. The quantitative estimate of drug-likeness (QED) is 0.691. The Morgan fingerprint density at radius 3 is 1.76 bits per heavy atom. The van der Waals surface area contributed by atoms with Crippen LogP contribution in [0.4, 0.5) is 0 Å². The van der Waals surface area contributed by atoms with E-state index in [2.05, 4.69) is 79.4 Å². The summed E-state index contributed by atoms with van der Waals surface area (Å²) < 4.78 is 0. The Labute approximate surface area is 108 Å². The summed E-state index contributed by atoms with van der Waals surface area (Å²) in [6.45, 7) is 21.4. The molecule has 1 heteroatoms. The second-order valence-electron chi connectivity index (χ2n) is 6.80. The van der Waals surface area contributed by atoms with E-state index in [1.54, 1.807) is 0 Å². The second kappa shape index (κ2) is 5.57. The van der Waals surface area contributed by atoms with Crippen molar-refractivity contribution in [3.8, 4) is 0 Å². The minimum atomic E-state index is 0.114. The average Bonchev–Trinajstić information content (AvgIpc) is 2.08. The molecule has 98 valence electrons. The molecule has 0 aliphatic carbocycles. The van der Waals surface area contributed by atoms with E-state index in [9.17, 15) is 0 Å². The van der Waals surface area contributed by atoms with Gasteiger partial charge < -0.3 is 5.32 Å². The highest BCUT2D eigenvalue weighted by molar-refractivity contribution is 5.34. The van der Waals surface area contributed by atoms with Crippen LogP contribution in [0.5, 0.6) is 0 Å². The van der Waals surface area contributed by atoms with Crippen LogP contribution in [-0.4, -0.2) is 5.54 Å². The summed E-state index contributed by atoms with van der Waals surface area (Å²) in [4.78, 5) is 0. The molecule has 0 amide bonds. The van der Waals surface area contributed by atoms with Crippen LogP contribution in [0.2, 0.25) is 0 Å². The van der Waals surface area contributed by atoms with Gasteiger partial charge in [-0.05, 0) is 57.3 Å². The molecular weight excluding hydrogens is 206 g/mol. The van der Waals surface area contributed by atoms with E-state index >= 15 is 0 Å². The molecule has 0 radical (unpaired) electrons. The normalized spacial score (nSPS) is 14.8. The van der Waals surface area contributed by atoms with Gasteiger partial charge in [0.1, 0.15) is 0 Å². The maximum atomic E-state index is 4.16. The molecule has 0 rings (SSSR count). The van der Waals surface area contributed by atoms with Gasteiger partial charge in [-0.25, -0.2) is 0 Å². The van der Waals surface area contributed by atoms with E-state index in [-0.39, 0.29) is 11.0 Å². The third kappa shape index (κ3) is 7.04. The Morgan fingerprint density at radius 2 is 1.41 bits per heavy atom. The largest absolute Gasteiger partial charge is 0.384 e. The first-order chi connectivity index (χ1) is 7.43. The third-order valence-electron chi connectivity index (χ3n) is 2.54. The average molecular weight is 235 g/mol. The fourth-order valence-electron chi connectivity index (χ4n) is 1.58. The molecule has 0 fully saturated rings. The van der Waals surface area contributed by atoms with Gasteiger partial charge in [0.25, 0.3) is 0 Å². The van der Waals surface area contributed by atoms with Crippen molar-refractivity contribution >= 4 is 0 Å². The van der Waals surface area contributed by atoms with Gasteiger partial charge in [0.15, 0.2) is 0 Å². The fraction of sp³-hybridized carbons (Fsp3) is 0.625. The Kier molecular flexibility index (Phi) is 5.25. The Hall–Kier alpha value is -0.980. The van der Waals surface area contributed by atoms with E-state index in [4.69, 9.17) is 0 Å². The molecule has 0 aromatic carbocycles. The minimum absolute atomic E-state index is 0.114. The zero-order chi connectivity index (χ0) is 13.9. The van der Waals surface area contributed by atoms with Crippen molar-refractivity contribution in [2.24, 2.45) is 5.41 Å². The Balaban J connectivity index is 4.73. The van der Waals surface area contributed by atoms with Crippen molar-refractivity contribution < 1.29 is 0 Å². The molecule has 0 aromatic rings. The summed E-state index contributed by atoms with van der Waals surface area (Å²) in [6, 6.07) is 0. The lowest BCUT2D eigenvalue weighted by Crippen LogP contribution is -2.34. The summed E-state index contributed by atoms with van der Waals surface area (Å²) in [6.07, 6.45) is 4.26. The van der Waals surface area contributed by atoms with Crippen LogP contribution >= 0.6 is 0 Å². The molecule has 0 saturated heterocycles. The lowest BCUT2D eigenvalue weighted by Gasteiger charge is -2.23. The molecule has 0 aliphatic rings. The first kappa shape index (κ1) is 16.0. The highest BCUT2D eigenvalue weighted by Gasteiger charge is 2.15.